The van der Waals surface area contributed by atoms with Crippen LogP contribution < -0.4 is 21.3 Å². The molecule has 7 N–H and O–H groups in total. The molecular weight excluding hydrogens is 779 g/mol. The van der Waals surface area contributed by atoms with Gasteiger partial charge in [0.05, 0.1) is 12.7 Å². The maximum atomic E-state index is 14.3. The molecule has 0 aromatic heterocycles. The number of rotatable bonds is 22. The van der Waals surface area contributed by atoms with Crippen molar-refractivity contribution in [1.82, 2.24) is 26.2 Å². The van der Waals surface area contributed by atoms with E-state index in [1.165, 1.54) is 57.3 Å². The smallest absolute Gasteiger partial charge is 0.268 e. The number of carbonyl (C=O) groups is 6. The van der Waals surface area contributed by atoms with Gasteiger partial charge in [-0.1, -0.05) is 106 Å². The number of carbonyl (C=O) groups excluding carboxylic acids is 6. The lowest BCUT2D eigenvalue weighted by atomic mass is 10.00. The summed E-state index contributed by atoms with van der Waals surface area (Å²) in [7, 11) is 1.28. The maximum Gasteiger partial charge on any atom is 0.268 e. The number of nitrogens with zero attached hydrogens (tertiary/aromatic N) is 1. The summed E-state index contributed by atoms with van der Waals surface area (Å²) in [6, 6.07) is 16.9. The molecule has 0 aliphatic carbocycles. The monoisotopic (exact) mass is 837 g/mol. The molecule has 61 heavy (non-hydrogen) atoms. The second-order valence-electron chi connectivity index (χ2n) is 15.2. The third kappa shape index (κ3) is 16.0. The maximum absolute atomic E-state index is 14.3. The largest absolute Gasteiger partial charge is 0.508 e. The number of unbranched alkanes of at least 4 members (excludes halogenated alkanes) is 1. The Kier molecular flexibility index (Phi) is 19.8. The summed E-state index contributed by atoms with van der Waals surface area (Å²) in [4.78, 5) is 82.2. The van der Waals surface area contributed by atoms with Crippen LogP contribution >= 0.6 is 0 Å². The van der Waals surface area contributed by atoms with Gasteiger partial charge in [-0.15, -0.1) is 0 Å². The third-order valence-corrected chi connectivity index (χ3v) is 9.54. The highest BCUT2D eigenvalue weighted by molar-refractivity contribution is 6.05. The topological polar surface area (TPSA) is 214 Å². The van der Waals surface area contributed by atoms with E-state index in [9.17, 15) is 44.1 Å². The Hall–Kier alpha value is -6.38. The van der Waals surface area contributed by atoms with E-state index in [0.717, 1.165) is 28.9 Å². The molecule has 0 radical (unpaired) electrons. The lowest BCUT2D eigenvalue weighted by Crippen LogP contribution is -2.58. The molecular formula is C47H59N5O9. The normalized spacial score (nSPS) is 14.1. The fraction of sp³-hybridized carbons (Fsp3) is 0.362. The van der Waals surface area contributed by atoms with Gasteiger partial charge in [0.25, 0.3) is 11.8 Å². The van der Waals surface area contributed by atoms with Crippen LogP contribution in [0.3, 0.4) is 0 Å². The second kappa shape index (κ2) is 24.6. The number of hydrogen-bond acceptors (Lipinski definition) is 9. The average molecular weight is 838 g/mol. The molecule has 0 heterocycles. The van der Waals surface area contributed by atoms with Crippen molar-refractivity contribution < 1.29 is 44.1 Å². The summed E-state index contributed by atoms with van der Waals surface area (Å²) in [5, 5.41) is 40.8. The number of ketones is 1. The first-order valence-electron chi connectivity index (χ1n) is 20.3. The van der Waals surface area contributed by atoms with Crippen LogP contribution in [0.5, 0.6) is 5.75 Å². The lowest BCUT2D eigenvalue weighted by Gasteiger charge is -2.28. The molecule has 0 saturated heterocycles. The molecule has 14 nitrogen and oxygen atoms in total. The second-order valence-corrected chi connectivity index (χ2v) is 15.2. The summed E-state index contributed by atoms with van der Waals surface area (Å²) in [5.74, 6) is -4.55. The van der Waals surface area contributed by atoms with Gasteiger partial charge in [0.2, 0.25) is 17.7 Å². The minimum Gasteiger partial charge on any atom is -0.508 e. The Bertz CT molecular complexity index is 2040. The first-order chi connectivity index (χ1) is 29.0. The first-order valence-corrected chi connectivity index (χ1v) is 20.3. The summed E-state index contributed by atoms with van der Waals surface area (Å²) in [6.45, 7) is 7.50. The quantitative estimate of drug-likeness (QED) is 0.0730. The van der Waals surface area contributed by atoms with E-state index in [2.05, 4.69) is 28.2 Å². The highest BCUT2D eigenvalue weighted by atomic mass is 16.3. The molecule has 0 aliphatic rings. The molecule has 14 heteroatoms. The van der Waals surface area contributed by atoms with Gasteiger partial charge in [-0.2, -0.15) is 0 Å². The number of phenolic OH excluding ortho intramolecular Hbond substituents is 1. The molecule has 326 valence electrons. The van der Waals surface area contributed by atoms with E-state index in [1.807, 2.05) is 50.3 Å². The fourth-order valence-electron chi connectivity index (χ4n) is 6.24. The van der Waals surface area contributed by atoms with Gasteiger partial charge in [-0.25, -0.2) is 0 Å². The minimum absolute atomic E-state index is 0.0143. The summed E-state index contributed by atoms with van der Waals surface area (Å²) in [6.07, 6.45) is 8.96. The highest BCUT2D eigenvalue weighted by Gasteiger charge is 2.33. The lowest BCUT2D eigenvalue weighted by molar-refractivity contribution is -0.136. The molecule has 0 fully saturated rings. The van der Waals surface area contributed by atoms with Crippen molar-refractivity contribution in [1.29, 1.82) is 0 Å². The van der Waals surface area contributed by atoms with Crippen LogP contribution in [0.25, 0.3) is 18.2 Å². The van der Waals surface area contributed by atoms with Crippen LogP contribution in [0.1, 0.15) is 76.1 Å². The Morgan fingerprint density at radius 3 is 1.93 bits per heavy atom. The molecule has 0 aliphatic heterocycles. The average Bonchev–Trinajstić information content (AvgIpc) is 3.23. The van der Waals surface area contributed by atoms with Crippen LogP contribution in [0, 0.1) is 5.92 Å². The predicted molar refractivity (Wildman–Crippen MR) is 235 cm³/mol. The molecule has 3 aromatic rings. The van der Waals surface area contributed by atoms with Crippen molar-refractivity contribution in [3.05, 3.63) is 119 Å². The van der Waals surface area contributed by atoms with Crippen molar-refractivity contribution >= 4 is 53.5 Å². The van der Waals surface area contributed by atoms with Crippen LogP contribution in [0.4, 0.5) is 0 Å². The number of benzene rings is 3. The van der Waals surface area contributed by atoms with E-state index >= 15 is 0 Å². The SMILES string of the molecule is CCCC=Cc1ccccc1C=CC(=O)NC(CO)C(=O)N(C)C(=Cc1ccc(O)cc1)C(=O)NC(CC(C)C)C(=O)NC(Cc1ccccc1)C(=O)NC(C(C)=O)C(C)O. The molecule has 0 saturated carbocycles. The number of hydrogen-bond donors (Lipinski definition) is 7. The standard InChI is InChI=1S/C47H59N5O9/c1-7-8-10-17-35-18-13-14-19-36(35)22-25-42(57)48-40(29-53)47(61)52(6)41(28-34-20-23-37(56)24-21-34)46(60)50-38(26-30(2)3)44(58)49-39(27-33-15-11-9-12-16-33)45(59)51-43(31(4)54)32(5)55/h9-25,28,30-31,38-40,43,53-54,56H,7-8,26-27,29H2,1-6H3,(H,48,57)(H,49,58)(H,50,60)(H,51,59). The zero-order valence-electron chi connectivity index (χ0n) is 35.6. The Morgan fingerprint density at radius 1 is 0.754 bits per heavy atom. The molecule has 5 amide bonds. The summed E-state index contributed by atoms with van der Waals surface area (Å²) < 4.78 is 0. The Labute approximate surface area is 357 Å². The number of allylic oxidation sites excluding steroid dienone is 1. The number of likely N-dealkylation sites (N-methyl/N-ethyl adjacent to an activating group) is 1. The molecule has 5 atom stereocenters. The van der Waals surface area contributed by atoms with Gasteiger partial charge in [-0.3, -0.25) is 28.8 Å². The zero-order valence-corrected chi connectivity index (χ0v) is 35.6. The summed E-state index contributed by atoms with van der Waals surface area (Å²) in [5.41, 5.74) is 2.46. The van der Waals surface area contributed by atoms with E-state index in [0.29, 0.717) is 11.1 Å². The van der Waals surface area contributed by atoms with E-state index in [1.54, 1.807) is 36.4 Å². The van der Waals surface area contributed by atoms with E-state index in [4.69, 9.17) is 0 Å². The number of aliphatic hydroxyl groups excluding tert-OH is 2. The van der Waals surface area contributed by atoms with Crippen LogP contribution in [-0.2, 0) is 35.2 Å². The molecule has 5 unspecified atom stereocenters. The van der Waals surface area contributed by atoms with Crippen LogP contribution in [0.15, 0.2) is 96.7 Å². The van der Waals surface area contributed by atoms with Gasteiger partial charge >= 0.3 is 0 Å². The number of Topliss-reactive ketones (excluding diaryl/α,β-unsaturated/α-hetero) is 1. The number of aromatic hydroxyl groups is 1. The molecule has 3 aromatic carbocycles. The fourth-order valence-corrected chi connectivity index (χ4v) is 6.24. The highest BCUT2D eigenvalue weighted by Crippen LogP contribution is 2.18. The predicted octanol–water partition coefficient (Wildman–Crippen LogP) is 3.91. The minimum atomic E-state index is -1.48. The van der Waals surface area contributed by atoms with Gasteiger partial charge in [0.1, 0.15) is 35.6 Å². The van der Waals surface area contributed by atoms with Gasteiger partial charge in [0, 0.05) is 19.5 Å². The number of amides is 5. The van der Waals surface area contributed by atoms with Crippen LogP contribution in [-0.4, -0.2) is 99.5 Å². The first kappa shape index (κ1) is 49.0. The van der Waals surface area contributed by atoms with E-state index in [-0.39, 0.29) is 30.2 Å². The number of phenols is 1. The van der Waals surface area contributed by atoms with Gasteiger partial charge < -0.3 is 41.5 Å². The van der Waals surface area contributed by atoms with Crippen molar-refractivity contribution in [2.45, 2.75) is 90.6 Å². The van der Waals surface area contributed by atoms with Crippen molar-refractivity contribution in [3.63, 3.8) is 0 Å². The Balaban J connectivity index is 1.92. The molecule has 0 spiro atoms. The zero-order chi connectivity index (χ0) is 45.1. The van der Waals surface area contributed by atoms with Crippen molar-refractivity contribution in [3.8, 4) is 5.75 Å². The van der Waals surface area contributed by atoms with Crippen LogP contribution in [0.2, 0.25) is 0 Å². The van der Waals surface area contributed by atoms with E-state index < -0.39 is 72.2 Å². The van der Waals surface area contributed by atoms with Crippen molar-refractivity contribution in [2.24, 2.45) is 5.92 Å². The number of nitrogens with one attached hydrogen (secondary N) is 4. The molecule has 3 rings (SSSR count). The molecule has 0 bridgehead atoms. The van der Waals surface area contributed by atoms with Gasteiger partial charge in [0.15, 0.2) is 5.78 Å². The van der Waals surface area contributed by atoms with Gasteiger partial charge in [-0.05, 0) is 79.1 Å². The van der Waals surface area contributed by atoms with Crippen molar-refractivity contribution in [2.75, 3.05) is 13.7 Å². The number of aliphatic hydroxyl groups is 2. The Morgan fingerprint density at radius 2 is 1.36 bits per heavy atom. The third-order valence-electron chi connectivity index (χ3n) is 9.54. The summed E-state index contributed by atoms with van der Waals surface area (Å²) >= 11 is 0.